The zero-order valence-corrected chi connectivity index (χ0v) is 17.0. The highest BCUT2D eigenvalue weighted by Gasteiger charge is 2.21. The number of aromatic nitrogens is 2. The number of nitrogens with one attached hydrogen (secondary N) is 2. The summed E-state index contributed by atoms with van der Waals surface area (Å²) in [6.07, 6.45) is 3.27. The third kappa shape index (κ3) is 4.30. The minimum Gasteiger partial charge on any atom is -0.324 e. The van der Waals surface area contributed by atoms with Gasteiger partial charge in [0.15, 0.2) is 6.54 Å². The number of aryl methyl sites for hydroxylation is 1. The van der Waals surface area contributed by atoms with E-state index < -0.39 is 0 Å². The van der Waals surface area contributed by atoms with Crippen LogP contribution in [-0.4, -0.2) is 35.3 Å². The van der Waals surface area contributed by atoms with Gasteiger partial charge in [-0.1, -0.05) is 48.5 Å². The molecular weight excluding hydrogens is 360 g/mol. The molecule has 148 valence electrons. The van der Waals surface area contributed by atoms with Crippen molar-refractivity contribution in [3.8, 4) is 5.69 Å². The molecule has 1 unspecified atom stereocenters. The molecular formula is C24H27N4O+. The van der Waals surface area contributed by atoms with Gasteiger partial charge in [0.25, 0.3) is 5.91 Å². The minimum absolute atomic E-state index is 0.0374. The highest BCUT2D eigenvalue weighted by atomic mass is 16.2. The number of carbonyl (C=O) groups is 1. The van der Waals surface area contributed by atoms with Gasteiger partial charge in [-0.25, -0.2) is 4.68 Å². The Kier molecular flexibility index (Phi) is 5.58. The number of carbonyl (C=O) groups excluding carboxylic acids is 1. The SMILES string of the molecule is Cc1nn(-c2ccccc2)c(C)c1NC(=O)C[NH+]1CC=C(c2ccccc2)CC1. The van der Waals surface area contributed by atoms with Crippen LogP contribution in [0, 0.1) is 13.8 Å². The molecule has 0 radical (unpaired) electrons. The molecule has 0 aliphatic carbocycles. The van der Waals surface area contributed by atoms with Crippen molar-refractivity contribution in [1.29, 1.82) is 0 Å². The van der Waals surface area contributed by atoms with Crippen molar-refractivity contribution in [2.75, 3.05) is 25.0 Å². The lowest BCUT2D eigenvalue weighted by Crippen LogP contribution is -3.13. The lowest BCUT2D eigenvalue weighted by Gasteiger charge is -2.23. The Balaban J connectivity index is 1.40. The second-order valence-corrected chi connectivity index (χ2v) is 7.57. The van der Waals surface area contributed by atoms with E-state index in [2.05, 4.69) is 40.8 Å². The number of nitrogens with zero attached hydrogens (tertiary/aromatic N) is 2. The number of amides is 1. The van der Waals surface area contributed by atoms with Crippen LogP contribution in [0.15, 0.2) is 66.7 Å². The summed E-state index contributed by atoms with van der Waals surface area (Å²) in [6.45, 7) is 6.23. The van der Waals surface area contributed by atoms with E-state index >= 15 is 0 Å². The van der Waals surface area contributed by atoms with Crippen LogP contribution < -0.4 is 10.2 Å². The molecule has 1 atom stereocenters. The van der Waals surface area contributed by atoms with E-state index in [4.69, 9.17) is 0 Å². The minimum atomic E-state index is 0.0374. The molecule has 0 spiro atoms. The summed E-state index contributed by atoms with van der Waals surface area (Å²) in [4.78, 5) is 14.0. The predicted octanol–water partition coefficient (Wildman–Crippen LogP) is 2.80. The fraction of sp³-hybridized carbons (Fsp3) is 0.250. The molecule has 0 saturated heterocycles. The first-order valence-corrected chi connectivity index (χ1v) is 10.1. The molecule has 5 heteroatoms. The molecule has 0 saturated carbocycles. The van der Waals surface area contributed by atoms with Gasteiger partial charge in [-0.05, 0) is 43.2 Å². The van der Waals surface area contributed by atoms with Crippen LogP contribution in [0.2, 0.25) is 0 Å². The van der Waals surface area contributed by atoms with Crippen LogP contribution in [0.3, 0.4) is 0 Å². The molecule has 1 aliphatic rings. The van der Waals surface area contributed by atoms with E-state index in [1.165, 1.54) is 16.0 Å². The van der Waals surface area contributed by atoms with Crippen LogP contribution in [0.25, 0.3) is 11.3 Å². The van der Waals surface area contributed by atoms with E-state index in [-0.39, 0.29) is 5.91 Å². The molecule has 29 heavy (non-hydrogen) atoms. The Hall–Kier alpha value is -3.18. The summed E-state index contributed by atoms with van der Waals surface area (Å²) < 4.78 is 1.88. The van der Waals surface area contributed by atoms with Gasteiger partial charge in [0, 0.05) is 6.42 Å². The fourth-order valence-electron chi connectivity index (χ4n) is 3.91. The van der Waals surface area contributed by atoms with E-state index in [9.17, 15) is 4.79 Å². The number of para-hydroxylation sites is 1. The molecule has 2 aromatic carbocycles. The van der Waals surface area contributed by atoms with Crippen LogP contribution in [-0.2, 0) is 4.79 Å². The van der Waals surface area contributed by atoms with Crippen molar-refractivity contribution in [2.45, 2.75) is 20.3 Å². The highest BCUT2D eigenvalue weighted by Crippen LogP contribution is 2.22. The van der Waals surface area contributed by atoms with Crippen LogP contribution in [0.4, 0.5) is 5.69 Å². The first-order chi connectivity index (χ1) is 14.1. The molecule has 0 fully saturated rings. The zero-order chi connectivity index (χ0) is 20.2. The van der Waals surface area contributed by atoms with Gasteiger partial charge >= 0.3 is 0 Å². The monoisotopic (exact) mass is 387 g/mol. The van der Waals surface area contributed by atoms with Crippen LogP contribution in [0.5, 0.6) is 0 Å². The van der Waals surface area contributed by atoms with E-state index in [0.29, 0.717) is 6.54 Å². The summed E-state index contributed by atoms with van der Waals surface area (Å²) in [6, 6.07) is 20.5. The smallest absolute Gasteiger partial charge is 0.279 e. The van der Waals surface area contributed by atoms with E-state index in [1.54, 1.807) is 0 Å². The zero-order valence-electron chi connectivity index (χ0n) is 17.0. The van der Waals surface area contributed by atoms with E-state index in [1.807, 2.05) is 54.9 Å². The maximum Gasteiger partial charge on any atom is 0.279 e. The van der Waals surface area contributed by atoms with Gasteiger partial charge in [-0.15, -0.1) is 0 Å². The normalized spacial score (nSPS) is 16.3. The summed E-state index contributed by atoms with van der Waals surface area (Å²) in [5, 5.41) is 7.70. The van der Waals surface area contributed by atoms with Crippen molar-refractivity contribution in [1.82, 2.24) is 9.78 Å². The lowest BCUT2D eigenvalue weighted by atomic mass is 10.00. The number of quaternary nitrogens is 1. The Morgan fingerprint density at radius 3 is 2.41 bits per heavy atom. The second kappa shape index (κ2) is 8.45. The number of hydrogen-bond acceptors (Lipinski definition) is 2. The number of benzene rings is 2. The maximum absolute atomic E-state index is 12.7. The lowest BCUT2D eigenvalue weighted by molar-refractivity contribution is -0.886. The molecule has 1 aromatic heterocycles. The Labute approximate surface area is 171 Å². The Bertz CT molecular complexity index is 1020. The predicted molar refractivity (Wildman–Crippen MR) is 116 cm³/mol. The summed E-state index contributed by atoms with van der Waals surface area (Å²) >= 11 is 0. The van der Waals surface area contributed by atoms with Gasteiger partial charge in [0.1, 0.15) is 0 Å². The van der Waals surface area contributed by atoms with Crippen molar-refractivity contribution in [2.24, 2.45) is 0 Å². The van der Waals surface area contributed by atoms with Crippen molar-refractivity contribution in [3.63, 3.8) is 0 Å². The molecule has 2 N–H and O–H groups in total. The molecule has 2 heterocycles. The van der Waals surface area contributed by atoms with Gasteiger partial charge in [-0.2, -0.15) is 5.10 Å². The third-order valence-corrected chi connectivity index (χ3v) is 5.50. The fourth-order valence-corrected chi connectivity index (χ4v) is 3.91. The molecule has 1 amide bonds. The van der Waals surface area contributed by atoms with Crippen molar-refractivity contribution in [3.05, 3.63) is 83.7 Å². The molecule has 1 aliphatic heterocycles. The van der Waals surface area contributed by atoms with Crippen molar-refractivity contribution < 1.29 is 9.69 Å². The first kappa shape index (κ1) is 19.2. The molecule has 5 nitrogen and oxygen atoms in total. The third-order valence-electron chi connectivity index (χ3n) is 5.50. The topological polar surface area (TPSA) is 51.4 Å². The van der Waals surface area contributed by atoms with Crippen LogP contribution in [0.1, 0.15) is 23.4 Å². The number of rotatable bonds is 5. The second-order valence-electron chi connectivity index (χ2n) is 7.57. The average Bonchev–Trinajstić information content (AvgIpc) is 3.04. The number of anilines is 1. The standard InChI is InChI=1S/C24H26N4O/c1-18-24(19(2)28(26-18)22-11-7-4-8-12-22)25-23(29)17-27-15-13-21(14-16-27)20-9-5-3-6-10-20/h3-13H,14-17H2,1-2H3,(H,25,29)/p+1. The Morgan fingerprint density at radius 2 is 1.76 bits per heavy atom. The van der Waals surface area contributed by atoms with Crippen molar-refractivity contribution >= 4 is 17.2 Å². The molecule has 4 rings (SSSR count). The maximum atomic E-state index is 12.7. The highest BCUT2D eigenvalue weighted by molar-refractivity contribution is 5.92. The van der Waals surface area contributed by atoms with E-state index in [0.717, 1.165) is 42.3 Å². The van der Waals surface area contributed by atoms with Gasteiger partial charge < -0.3 is 10.2 Å². The first-order valence-electron chi connectivity index (χ1n) is 10.1. The average molecular weight is 388 g/mol. The Morgan fingerprint density at radius 1 is 1.07 bits per heavy atom. The van der Waals surface area contributed by atoms with Gasteiger partial charge in [-0.3, -0.25) is 4.79 Å². The van der Waals surface area contributed by atoms with Gasteiger partial charge in [0.2, 0.25) is 0 Å². The van der Waals surface area contributed by atoms with Crippen LogP contribution >= 0.6 is 0 Å². The number of hydrogen-bond donors (Lipinski definition) is 2. The van der Waals surface area contributed by atoms with Gasteiger partial charge in [0.05, 0.1) is 35.9 Å². The quantitative estimate of drug-likeness (QED) is 0.707. The largest absolute Gasteiger partial charge is 0.324 e. The summed E-state index contributed by atoms with van der Waals surface area (Å²) in [5.74, 6) is 0.0374. The summed E-state index contributed by atoms with van der Waals surface area (Å²) in [5.41, 5.74) is 6.26. The summed E-state index contributed by atoms with van der Waals surface area (Å²) in [7, 11) is 0. The molecule has 3 aromatic rings. The molecule has 0 bridgehead atoms.